The predicted molar refractivity (Wildman–Crippen MR) is 123 cm³/mol. The molecule has 0 saturated carbocycles. The number of piperidine rings is 1. The average molecular weight is 491 g/mol. The van der Waals surface area contributed by atoms with Gasteiger partial charge in [0, 0.05) is 37.5 Å². The first kappa shape index (κ1) is 25.1. The van der Waals surface area contributed by atoms with Crippen molar-refractivity contribution < 1.29 is 32.2 Å². The van der Waals surface area contributed by atoms with Gasteiger partial charge in [-0.15, -0.1) is 0 Å². The topological polar surface area (TPSA) is 137 Å². The van der Waals surface area contributed by atoms with Gasteiger partial charge in [-0.05, 0) is 42.7 Å². The van der Waals surface area contributed by atoms with E-state index < -0.39 is 16.0 Å². The number of rotatable bonds is 8. The molecule has 0 atom stereocenters. The van der Waals surface area contributed by atoms with Crippen molar-refractivity contribution in [3.63, 3.8) is 0 Å². The molecule has 0 bridgehead atoms. The molecule has 34 heavy (non-hydrogen) atoms. The largest absolute Gasteiger partial charge is 0.493 e. The van der Waals surface area contributed by atoms with E-state index in [1.54, 1.807) is 12.1 Å². The number of anilines is 1. The fourth-order valence-electron chi connectivity index (χ4n) is 3.54. The molecule has 0 radical (unpaired) electrons. The highest BCUT2D eigenvalue weighted by Crippen LogP contribution is 2.38. The van der Waals surface area contributed by atoms with E-state index in [9.17, 15) is 18.0 Å². The number of methoxy groups -OCH3 is 3. The Balaban J connectivity index is 1.80. The molecule has 1 amide bonds. The summed E-state index contributed by atoms with van der Waals surface area (Å²) >= 11 is 0. The molecule has 1 aliphatic heterocycles. The van der Waals surface area contributed by atoms with Crippen molar-refractivity contribution in [3.8, 4) is 11.5 Å². The van der Waals surface area contributed by atoms with Crippen molar-refractivity contribution in [3.05, 3.63) is 42.2 Å². The Morgan fingerprint density at radius 2 is 1.76 bits per heavy atom. The van der Waals surface area contributed by atoms with E-state index in [4.69, 9.17) is 9.47 Å². The SMILES string of the molecule is COC(=O)/C=C/c1cc(OC)c(OC)c(S(=O)(=O)N2CCC(C(=O)Nc3ncccn3)CC2)c1. The maximum atomic E-state index is 13.5. The summed E-state index contributed by atoms with van der Waals surface area (Å²) in [4.78, 5) is 31.8. The molecule has 3 rings (SSSR count). The number of hydrogen-bond acceptors (Lipinski definition) is 9. The summed E-state index contributed by atoms with van der Waals surface area (Å²) in [7, 11) is -0.00444. The summed E-state index contributed by atoms with van der Waals surface area (Å²) in [6.45, 7) is 0.285. The lowest BCUT2D eigenvalue weighted by atomic mass is 9.97. The van der Waals surface area contributed by atoms with Gasteiger partial charge in [0.15, 0.2) is 11.5 Å². The summed E-state index contributed by atoms with van der Waals surface area (Å²) in [6.07, 6.45) is 6.31. The number of esters is 1. The molecule has 2 aromatic rings. The minimum Gasteiger partial charge on any atom is -0.493 e. The number of amides is 1. The first-order valence-electron chi connectivity index (χ1n) is 10.4. The number of hydrogen-bond donors (Lipinski definition) is 1. The van der Waals surface area contributed by atoms with Crippen LogP contribution in [-0.4, -0.2) is 69.0 Å². The first-order chi connectivity index (χ1) is 16.3. The van der Waals surface area contributed by atoms with E-state index in [-0.39, 0.29) is 47.3 Å². The smallest absolute Gasteiger partial charge is 0.330 e. The van der Waals surface area contributed by atoms with Crippen molar-refractivity contribution in [2.75, 3.05) is 39.7 Å². The lowest BCUT2D eigenvalue weighted by Crippen LogP contribution is -2.41. The standard InChI is InChI=1S/C22H26N4O7S/c1-31-17-13-15(5-6-19(27)32-2)14-18(20(17)33-3)34(29,30)26-11-7-16(8-12-26)21(28)25-22-23-9-4-10-24-22/h4-6,9-10,13-14,16H,7-8,11-12H2,1-3H3,(H,23,24,25,28)/b6-5+. The van der Waals surface area contributed by atoms with Crippen LogP contribution >= 0.6 is 0 Å². The van der Waals surface area contributed by atoms with Gasteiger partial charge < -0.3 is 14.2 Å². The van der Waals surface area contributed by atoms with Crippen molar-refractivity contribution in [2.45, 2.75) is 17.7 Å². The third kappa shape index (κ3) is 5.69. The highest BCUT2D eigenvalue weighted by atomic mass is 32.2. The van der Waals surface area contributed by atoms with Crippen LogP contribution in [0.1, 0.15) is 18.4 Å². The fraction of sp³-hybridized carbons (Fsp3) is 0.364. The van der Waals surface area contributed by atoms with Gasteiger partial charge in [-0.3, -0.25) is 10.1 Å². The molecule has 0 spiro atoms. The lowest BCUT2D eigenvalue weighted by Gasteiger charge is -2.31. The summed E-state index contributed by atoms with van der Waals surface area (Å²) in [6, 6.07) is 4.60. The summed E-state index contributed by atoms with van der Waals surface area (Å²) < 4.78 is 43.6. The van der Waals surface area contributed by atoms with Crippen LogP contribution in [0.15, 0.2) is 41.6 Å². The second kappa shape index (κ2) is 11.1. The molecular weight excluding hydrogens is 464 g/mol. The van der Waals surface area contributed by atoms with E-state index in [2.05, 4.69) is 20.0 Å². The Labute approximate surface area is 197 Å². The molecule has 182 valence electrons. The normalized spacial score (nSPS) is 15.1. The summed E-state index contributed by atoms with van der Waals surface area (Å²) in [5.74, 6) is -0.751. The van der Waals surface area contributed by atoms with Crippen molar-refractivity contribution in [1.29, 1.82) is 0 Å². The molecule has 1 N–H and O–H groups in total. The maximum absolute atomic E-state index is 13.5. The van der Waals surface area contributed by atoms with Crippen LogP contribution in [0.25, 0.3) is 6.08 Å². The van der Waals surface area contributed by atoms with Crippen LogP contribution in [0.3, 0.4) is 0 Å². The molecule has 2 heterocycles. The fourth-order valence-corrected chi connectivity index (χ4v) is 5.22. The zero-order valence-corrected chi connectivity index (χ0v) is 19.9. The van der Waals surface area contributed by atoms with Gasteiger partial charge in [-0.25, -0.2) is 23.2 Å². The summed E-state index contributed by atoms with van der Waals surface area (Å²) in [5, 5.41) is 2.65. The average Bonchev–Trinajstić information content (AvgIpc) is 2.87. The third-order valence-corrected chi connectivity index (χ3v) is 7.23. The van der Waals surface area contributed by atoms with E-state index in [1.165, 1.54) is 56.2 Å². The number of nitrogens with one attached hydrogen (secondary N) is 1. The zero-order chi connectivity index (χ0) is 24.7. The van der Waals surface area contributed by atoms with Gasteiger partial charge in [0.1, 0.15) is 4.90 Å². The zero-order valence-electron chi connectivity index (χ0n) is 19.1. The van der Waals surface area contributed by atoms with Crippen LogP contribution in [-0.2, 0) is 24.3 Å². The number of ether oxygens (including phenoxy) is 3. The quantitative estimate of drug-likeness (QED) is 0.433. The first-order valence-corrected chi connectivity index (χ1v) is 11.8. The Bertz CT molecular complexity index is 1160. The Kier molecular flexibility index (Phi) is 8.18. The number of nitrogens with zero attached hydrogens (tertiary/aromatic N) is 3. The molecule has 1 aliphatic rings. The van der Waals surface area contributed by atoms with E-state index in [1.807, 2.05) is 0 Å². The number of aromatic nitrogens is 2. The molecule has 1 aromatic carbocycles. The molecule has 0 aliphatic carbocycles. The van der Waals surface area contributed by atoms with Gasteiger partial charge in [0.25, 0.3) is 0 Å². The monoisotopic (exact) mass is 490 g/mol. The number of sulfonamides is 1. The van der Waals surface area contributed by atoms with E-state index in [0.29, 0.717) is 18.4 Å². The predicted octanol–water partition coefficient (Wildman–Crippen LogP) is 1.72. The molecule has 1 saturated heterocycles. The Morgan fingerprint density at radius 3 is 2.35 bits per heavy atom. The maximum Gasteiger partial charge on any atom is 0.330 e. The van der Waals surface area contributed by atoms with Gasteiger partial charge in [0.2, 0.25) is 21.9 Å². The summed E-state index contributed by atoms with van der Waals surface area (Å²) in [5.41, 5.74) is 0.416. The number of benzene rings is 1. The van der Waals surface area contributed by atoms with Crippen molar-refractivity contribution in [2.24, 2.45) is 5.92 Å². The van der Waals surface area contributed by atoms with Crippen LogP contribution in [0.2, 0.25) is 0 Å². The molecule has 11 nitrogen and oxygen atoms in total. The Hall–Kier alpha value is -3.51. The third-order valence-electron chi connectivity index (χ3n) is 5.32. The minimum atomic E-state index is -3.99. The second-order valence-corrected chi connectivity index (χ2v) is 9.26. The van der Waals surface area contributed by atoms with Gasteiger partial charge in [-0.2, -0.15) is 4.31 Å². The number of carbonyl (C=O) groups is 2. The molecule has 12 heteroatoms. The second-order valence-electron chi connectivity index (χ2n) is 7.35. The van der Waals surface area contributed by atoms with Crippen LogP contribution in [0.5, 0.6) is 11.5 Å². The van der Waals surface area contributed by atoms with Crippen LogP contribution in [0, 0.1) is 5.92 Å². The Morgan fingerprint density at radius 1 is 1.09 bits per heavy atom. The highest BCUT2D eigenvalue weighted by Gasteiger charge is 2.35. The van der Waals surface area contributed by atoms with Gasteiger partial charge in [0.05, 0.1) is 21.3 Å². The van der Waals surface area contributed by atoms with E-state index in [0.717, 1.165) is 0 Å². The van der Waals surface area contributed by atoms with Crippen LogP contribution in [0.4, 0.5) is 5.95 Å². The molecular formula is C22H26N4O7S. The highest BCUT2D eigenvalue weighted by molar-refractivity contribution is 7.89. The van der Waals surface area contributed by atoms with Crippen LogP contribution < -0.4 is 14.8 Å². The minimum absolute atomic E-state index is 0.0545. The molecule has 1 aromatic heterocycles. The molecule has 1 fully saturated rings. The van der Waals surface area contributed by atoms with Crippen molar-refractivity contribution >= 4 is 33.9 Å². The van der Waals surface area contributed by atoms with E-state index >= 15 is 0 Å². The van der Waals surface area contributed by atoms with Gasteiger partial charge >= 0.3 is 5.97 Å². The van der Waals surface area contributed by atoms with Gasteiger partial charge in [-0.1, -0.05) is 0 Å². The lowest BCUT2D eigenvalue weighted by molar-refractivity contribution is -0.134. The molecule has 0 unspecified atom stereocenters. The van der Waals surface area contributed by atoms with Crippen molar-refractivity contribution in [1.82, 2.24) is 14.3 Å². The number of carbonyl (C=O) groups excluding carboxylic acids is 2.